The number of aromatic carboxylic acids is 1. The van der Waals surface area contributed by atoms with Gasteiger partial charge in [-0.05, 0) is 35.4 Å². The Labute approximate surface area is 155 Å². The number of rotatable bonds is 5. The van der Waals surface area contributed by atoms with Gasteiger partial charge in [0, 0.05) is 31.2 Å². The van der Waals surface area contributed by atoms with Crippen LogP contribution in [0.25, 0.3) is 0 Å². The average Bonchev–Trinajstić information content (AvgIpc) is 2.62. The second-order valence-electron chi connectivity index (χ2n) is 6.09. The highest BCUT2D eigenvalue weighted by molar-refractivity contribution is 6.35. The highest BCUT2D eigenvalue weighted by Crippen LogP contribution is 2.16. The molecule has 2 aromatic carbocycles. The van der Waals surface area contributed by atoms with Crippen molar-refractivity contribution in [2.75, 3.05) is 13.1 Å². The molecule has 26 heavy (non-hydrogen) atoms. The Morgan fingerprint density at radius 1 is 0.923 bits per heavy atom. The summed E-state index contributed by atoms with van der Waals surface area (Å²) in [5.41, 5.74) is 1.83. The number of benzene rings is 2. The minimum atomic E-state index is -1.00. The van der Waals surface area contributed by atoms with E-state index < -0.39 is 17.8 Å². The van der Waals surface area contributed by atoms with Crippen molar-refractivity contribution in [3.8, 4) is 0 Å². The summed E-state index contributed by atoms with van der Waals surface area (Å²) in [7, 11) is 0. The molecule has 1 aliphatic heterocycles. The molecule has 1 heterocycles. The molecule has 0 atom stereocenters. The number of hydrogen-bond acceptors (Lipinski definition) is 3. The van der Waals surface area contributed by atoms with Gasteiger partial charge in [0.2, 0.25) is 0 Å². The Morgan fingerprint density at radius 2 is 1.50 bits per heavy atom. The van der Waals surface area contributed by atoms with Crippen molar-refractivity contribution in [1.82, 2.24) is 9.80 Å². The van der Waals surface area contributed by atoms with Crippen molar-refractivity contribution >= 4 is 29.4 Å². The average molecular weight is 373 g/mol. The van der Waals surface area contributed by atoms with Crippen LogP contribution >= 0.6 is 11.6 Å². The van der Waals surface area contributed by atoms with Crippen LogP contribution in [0.1, 0.15) is 21.5 Å². The molecule has 1 fully saturated rings. The lowest BCUT2D eigenvalue weighted by atomic mass is 10.1. The molecule has 0 spiro atoms. The molecule has 1 saturated heterocycles. The van der Waals surface area contributed by atoms with Crippen LogP contribution in [0.5, 0.6) is 0 Å². The molecular formula is C19H17ClN2O4. The van der Waals surface area contributed by atoms with Gasteiger partial charge in [-0.3, -0.25) is 9.59 Å². The lowest BCUT2D eigenvalue weighted by Crippen LogP contribution is -2.53. The Balaban J connectivity index is 1.64. The number of hydrogen-bond donors (Lipinski definition) is 1. The van der Waals surface area contributed by atoms with E-state index in [1.165, 1.54) is 21.9 Å². The van der Waals surface area contributed by atoms with Crippen molar-refractivity contribution in [3.05, 3.63) is 70.2 Å². The van der Waals surface area contributed by atoms with Crippen molar-refractivity contribution in [2.45, 2.75) is 13.1 Å². The molecule has 134 valence electrons. The number of nitrogens with zero attached hydrogens (tertiary/aromatic N) is 2. The maximum Gasteiger partial charge on any atom is 0.335 e. The van der Waals surface area contributed by atoms with Gasteiger partial charge in [-0.2, -0.15) is 0 Å². The molecule has 7 heteroatoms. The summed E-state index contributed by atoms with van der Waals surface area (Å²) < 4.78 is 0. The summed E-state index contributed by atoms with van der Waals surface area (Å²) in [6.07, 6.45) is 0. The smallest absolute Gasteiger partial charge is 0.335 e. The molecule has 0 aliphatic carbocycles. The van der Waals surface area contributed by atoms with Crippen molar-refractivity contribution in [3.63, 3.8) is 0 Å². The molecular weight excluding hydrogens is 356 g/mol. The predicted octanol–water partition coefficient (Wildman–Crippen LogP) is 2.41. The van der Waals surface area contributed by atoms with Gasteiger partial charge in [0.15, 0.2) is 0 Å². The van der Waals surface area contributed by atoms with Crippen LogP contribution in [-0.4, -0.2) is 45.8 Å². The van der Waals surface area contributed by atoms with E-state index in [9.17, 15) is 14.4 Å². The lowest BCUT2D eigenvalue weighted by molar-refractivity contribution is -0.156. The normalized spacial score (nSPS) is 14.7. The van der Waals surface area contributed by atoms with Crippen molar-refractivity contribution in [1.29, 1.82) is 0 Å². The number of halogens is 1. The van der Waals surface area contributed by atoms with Gasteiger partial charge in [-0.25, -0.2) is 4.79 Å². The third kappa shape index (κ3) is 4.03. The standard InChI is InChI=1S/C19H17ClN2O4/c20-16-3-1-2-14(10-16)12-22-9-8-21(17(23)18(22)24)11-13-4-6-15(7-5-13)19(25)26/h1-7,10H,8-9,11-12H2,(H,25,26). The fraction of sp³-hybridized carbons (Fsp3) is 0.211. The summed E-state index contributed by atoms with van der Waals surface area (Å²) >= 11 is 5.96. The number of amides is 2. The first-order valence-corrected chi connectivity index (χ1v) is 8.46. The van der Waals surface area contributed by atoms with Crippen LogP contribution < -0.4 is 0 Å². The van der Waals surface area contributed by atoms with Gasteiger partial charge < -0.3 is 14.9 Å². The van der Waals surface area contributed by atoms with E-state index >= 15 is 0 Å². The number of carbonyl (C=O) groups is 3. The van der Waals surface area contributed by atoms with E-state index in [1.807, 2.05) is 6.07 Å². The lowest BCUT2D eigenvalue weighted by Gasteiger charge is -2.34. The molecule has 0 unspecified atom stereocenters. The van der Waals surface area contributed by atoms with Gasteiger partial charge in [0.1, 0.15) is 0 Å². The quantitative estimate of drug-likeness (QED) is 0.817. The summed E-state index contributed by atoms with van der Waals surface area (Å²) in [5.74, 6) is -2.10. The number of carboxylic acid groups (broad SMARTS) is 1. The molecule has 6 nitrogen and oxygen atoms in total. The molecule has 0 saturated carbocycles. The molecule has 1 N–H and O–H groups in total. The molecule has 0 aromatic heterocycles. The zero-order valence-corrected chi connectivity index (χ0v) is 14.6. The predicted molar refractivity (Wildman–Crippen MR) is 95.7 cm³/mol. The minimum Gasteiger partial charge on any atom is -0.478 e. The summed E-state index contributed by atoms with van der Waals surface area (Å²) in [6, 6.07) is 13.5. The SMILES string of the molecule is O=C(O)c1ccc(CN2CCN(Cc3cccc(Cl)c3)C(=O)C2=O)cc1. The Morgan fingerprint density at radius 3 is 2.04 bits per heavy atom. The molecule has 0 bridgehead atoms. The Hall–Kier alpha value is -2.86. The first-order valence-electron chi connectivity index (χ1n) is 8.09. The number of carbonyl (C=O) groups excluding carboxylic acids is 2. The second-order valence-corrected chi connectivity index (χ2v) is 6.52. The molecule has 3 rings (SSSR count). The Bertz CT molecular complexity index is 851. The number of carboxylic acids is 1. The van der Waals surface area contributed by atoms with E-state index in [-0.39, 0.29) is 12.1 Å². The van der Waals surface area contributed by atoms with Gasteiger partial charge in [0.05, 0.1) is 5.56 Å². The third-order valence-electron chi connectivity index (χ3n) is 4.23. The molecule has 1 aliphatic rings. The van der Waals surface area contributed by atoms with E-state index in [0.717, 1.165) is 11.1 Å². The Kier molecular flexibility index (Phi) is 5.23. The molecule has 2 aromatic rings. The zero-order chi connectivity index (χ0) is 18.7. The van der Waals surface area contributed by atoms with Crippen molar-refractivity contribution in [2.24, 2.45) is 0 Å². The van der Waals surface area contributed by atoms with Crippen molar-refractivity contribution < 1.29 is 19.5 Å². The van der Waals surface area contributed by atoms with Gasteiger partial charge >= 0.3 is 17.8 Å². The first kappa shape index (κ1) is 17.9. The van der Waals surface area contributed by atoms with Gasteiger partial charge in [-0.15, -0.1) is 0 Å². The van der Waals surface area contributed by atoms with Gasteiger partial charge in [0.25, 0.3) is 0 Å². The van der Waals surface area contributed by atoms with Crippen LogP contribution in [0.2, 0.25) is 5.02 Å². The second kappa shape index (κ2) is 7.58. The highest BCUT2D eigenvalue weighted by Gasteiger charge is 2.32. The topological polar surface area (TPSA) is 77.9 Å². The fourth-order valence-electron chi connectivity index (χ4n) is 2.85. The molecule has 0 radical (unpaired) electrons. The molecule has 2 amide bonds. The van der Waals surface area contributed by atoms with E-state index in [1.54, 1.807) is 30.3 Å². The maximum absolute atomic E-state index is 12.4. The van der Waals surface area contributed by atoms with Crippen LogP contribution in [0.4, 0.5) is 0 Å². The summed E-state index contributed by atoms with van der Waals surface area (Å²) in [4.78, 5) is 38.6. The van der Waals surface area contributed by atoms with Crippen LogP contribution in [0.15, 0.2) is 48.5 Å². The largest absolute Gasteiger partial charge is 0.478 e. The van der Waals surface area contributed by atoms with Crippen LogP contribution in [-0.2, 0) is 22.7 Å². The summed E-state index contributed by atoms with van der Waals surface area (Å²) in [5, 5.41) is 9.51. The highest BCUT2D eigenvalue weighted by atomic mass is 35.5. The van der Waals surface area contributed by atoms with Gasteiger partial charge in [-0.1, -0.05) is 35.9 Å². The third-order valence-corrected chi connectivity index (χ3v) is 4.47. The minimum absolute atomic E-state index is 0.183. The summed E-state index contributed by atoms with van der Waals surface area (Å²) in [6.45, 7) is 1.47. The first-order chi connectivity index (χ1) is 12.4. The number of piperazine rings is 1. The van der Waals surface area contributed by atoms with E-state index in [2.05, 4.69) is 0 Å². The zero-order valence-electron chi connectivity index (χ0n) is 13.9. The van der Waals surface area contributed by atoms with Crippen LogP contribution in [0, 0.1) is 0 Å². The fourth-order valence-corrected chi connectivity index (χ4v) is 3.06. The van der Waals surface area contributed by atoms with Crippen LogP contribution in [0.3, 0.4) is 0 Å². The monoisotopic (exact) mass is 372 g/mol. The van der Waals surface area contributed by atoms with E-state index in [4.69, 9.17) is 16.7 Å². The maximum atomic E-state index is 12.4. The van der Waals surface area contributed by atoms with E-state index in [0.29, 0.717) is 24.7 Å².